The molecule has 54 heavy (non-hydrogen) atoms. The van der Waals surface area contributed by atoms with Crippen LogP contribution in [0.1, 0.15) is 22.3 Å². The summed E-state index contributed by atoms with van der Waals surface area (Å²) in [5.74, 6) is 0. The van der Waals surface area contributed by atoms with Gasteiger partial charge in [-0.3, -0.25) is 4.99 Å². The number of aromatic nitrogens is 1. The van der Waals surface area contributed by atoms with E-state index in [1.165, 1.54) is 66.3 Å². The molecule has 1 aliphatic carbocycles. The molecule has 0 amide bonds. The van der Waals surface area contributed by atoms with E-state index in [4.69, 9.17) is 0 Å². The normalized spacial score (nSPS) is 13.3. The maximum atomic E-state index is 4.66. The second-order valence-electron chi connectivity index (χ2n) is 14.0. The van der Waals surface area contributed by atoms with Gasteiger partial charge in [-0.15, -0.1) is 0 Å². The Morgan fingerprint density at radius 3 is 1.78 bits per heavy atom. The minimum absolute atomic E-state index is 0.841. The Balaban J connectivity index is 1.16. The van der Waals surface area contributed by atoms with Crippen molar-refractivity contribution in [1.29, 1.82) is 0 Å². The minimum atomic E-state index is 0.841. The van der Waals surface area contributed by atoms with Crippen LogP contribution in [-0.4, -0.2) is 11.3 Å². The summed E-state index contributed by atoms with van der Waals surface area (Å²) in [6, 6.07) is 65.7. The highest BCUT2D eigenvalue weighted by Gasteiger charge is 2.20. The van der Waals surface area contributed by atoms with Crippen molar-refractivity contribution in [3.8, 4) is 27.9 Å². The first-order valence-electron chi connectivity index (χ1n) is 18.5. The van der Waals surface area contributed by atoms with Gasteiger partial charge in [0, 0.05) is 27.4 Å². The van der Waals surface area contributed by atoms with E-state index in [0.717, 1.165) is 39.7 Å². The molecule has 2 heteroatoms. The number of nitrogens with zero attached hydrogens (tertiary/aromatic N) is 2. The zero-order chi connectivity index (χ0) is 36.0. The van der Waals surface area contributed by atoms with Gasteiger partial charge < -0.3 is 4.57 Å². The van der Waals surface area contributed by atoms with Crippen LogP contribution in [0.15, 0.2) is 199 Å². The highest BCUT2D eigenvalue weighted by atomic mass is 15.0. The lowest BCUT2D eigenvalue weighted by Crippen LogP contribution is -2.02. The standard InChI is InChI=1S/C52H36N2/c1-53-52-45-19-11-10-17-38(45)24-29-46(52)51(43-21-20-37-16-8-9-18-40(37)32-43)39-22-27-44(28-23-39)54-49-30-25-41(35-12-4-2-5-13-35)33-47(49)48-34-42(26-31-50(48)54)36-14-6-3-7-15-36/h2-31,33-34H,1,32H2/b51-43-. The summed E-state index contributed by atoms with van der Waals surface area (Å²) in [4.78, 5) is 4.66. The SMILES string of the molecule is C=Nc1c(/C(=C2/C=Cc3ccccc3C2)c2ccc(-n3c4ccc(-c5ccccc5)cc4c4cc(-c5ccccc5)ccc43)cc2)ccc2ccccc12. The third-order valence-corrected chi connectivity index (χ3v) is 10.9. The Labute approximate surface area is 315 Å². The molecule has 1 aliphatic rings. The lowest BCUT2D eigenvalue weighted by Gasteiger charge is -2.21. The van der Waals surface area contributed by atoms with Crippen LogP contribution in [0.4, 0.5) is 5.69 Å². The molecule has 0 bridgehead atoms. The van der Waals surface area contributed by atoms with Gasteiger partial charge in [0.05, 0.1) is 16.7 Å². The molecule has 0 atom stereocenters. The zero-order valence-corrected chi connectivity index (χ0v) is 29.8. The Hall–Kier alpha value is -7.03. The molecule has 2 nitrogen and oxygen atoms in total. The second-order valence-corrected chi connectivity index (χ2v) is 14.0. The summed E-state index contributed by atoms with van der Waals surface area (Å²) >= 11 is 0. The Morgan fingerprint density at radius 1 is 0.500 bits per heavy atom. The average molecular weight is 689 g/mol. The Bertz CT molecular complexity index is 2850. The fourth-order valence-electron chi connectivity index (χ4n) is 8.32. The summed E-state index contributed by atoms with van der Waals surface area (Å²) in [6.45, 7) is 4.06. The van der Waals surface area contributed by atoms with Crippen LogP contribution < -0.4 is 0 Å². The van der Waals surface area contributed by atoms with Crippen molar-refractivity contribution in [3.63, 3.8) is 0 Å². The lowest BCUT2D eigenvalue weighted by atomic mass is 9.84. The lowest BCUT2D eigenvalue weighted by molar-refractivity contribution is 1.16. The summed E-state index contributed by atoms with van der Waals surface area (Å²) in [5, 5.41) is 4.74. The van der Waals surface area contributed by atoms with Crippen molar-refractivity contribution in [2.75, 3.05) is 0 Å². The van der Waals surface area contributed by atoms with Crippen molar-refractivity contribution in [1.82, 2.24) is 4.57 Å². The maximum Gasteiger partial charge on any atom is 0.0779 e. The summed E-state index contributed by atoms with van der Waals surface area (Å²) in [7, 11) is 0. The smallest absolute Gasteiger partial charge is 0.0779 e. The number of benzene rings is 8. The number of aliphatic imine (C=N–C) groups is 1. The van der Waals surface area contributed by atoms with Crippen LogP contribution in [0.3, 0.4) is 0 Å². The molecular formula is C52H36N2. The number of fused-ring (bicyclic) bond motifs is 5. The van der Waals surface area contributed by atoms with Crippen molar-refractivity contribution in [2.24, 2.45) is 4.99 Å². The number of hydrogen-bond acceptors (Lipinski definition) is 1. The molecule has 0 saturated heterocycles. The van der Waals surface area contributed by atoms with Crippen LogP contribution >= 0.6 is 0 Å². The third kappa shape index (κ3) is 5.39. The van der Waals surface area contributed by atoms with Gasteiger partial charge >= 0.3 is 0 Å². The van der Waals surface area contributed by atoms with Gasteiger partial charge in [0.15, 0.2) is 0 Å². The predicted octanol–water partition coefficient (Wildman–Crippen LogP) is 13.7. The average Bonchev–Trinajstić information content (AvgIpc) is 3.57. The number of allylic oxidation sites excluding steroid dienone is 2. The van der Waals surface area contributed by atoms with Crippen LogP contribution in [0, 0.1) is 0 Å². The summed E-state index contributed by atoms with van der Waals surface area (Å²) in [6.07, 6.45) is 5.37. The molecular weight excluding hydrogens is 653 g/mol. The van der Waals surface area contributed by atoms with E-state index in [2.05, 4.69) is 210 Å². The summed E-state index contributed by atoms with van der Waals surface area (Å²) < 4.78 is 2.41. The van der Waals surface area contributed by atoms with Gasteiger partial charge in [-0.05, 0) is 105 Å². The quantitative estimate of drug-likeness (QED) is 0.155. The van der Waals surface area contributed by atoms with Gasteiger partial charge in [0.25, 0.3) is 0 Å². The molecule has 9 aromatic rings. The van der Waals surface area contributed by atoms with Gasteiger partial charge in [-0.1, -0.05) is 158 Å². The molecule has 1 heterocycles. The molecule has 0 saturated carbocycles. The van der Waals surface area contributed by atoms with E-state index >= 15 is 0 Å². The highest BCUT2D eigenvalue weighted by Crippen LogP contribution is 2.42. The van der Waals surface area contributed by atoms with Crippen molar-refractivity contribution < 1.29 is 0 Å². The number of hydrogen-bond donors (Lipinski definition) is 0. The fraction of sp³-hybridized carbons (Fsp3) is 0.0192. The van der Waals surface area contributed by atoms with E-state index in [1.807, 2.05) is 0 Å². The highest BCUT2D eigenvalue weighted by molar-refractivity contribution is 6.12. The second kappa shape index (κ2) is 13.2. The first-order valence-corrected chi connectivity index (χ1v) is 18.5. The van der Waals surface area contributed by atoms with E-state index in [0.29, 0.717) is 0 Å². The minimum Gasteiger partial charge on any atom is -0.309 e. The predicted molar refractivity (Wildman–Crippen MR) is 230 cm³/mol. The Morgan fingerprint density at radius 2 is 1.11 bits per heavy atom. The maximum absolute atomic E-state index is 4.66. The molecule has 0 fully saturated rings. The van der Waals surface area contributed by atoms with E-state index < -0.39 is 0 Å². The van der Waals surface area contributed by atoms with Crippen LogP contribution in [0.2, 0.25) is 0 Å². The molecule has 0 spiro atoms. The van der Waals surface area contributed by atoms with Crippen molar-refractivity contribution in [2.45, 2.75) is 6.42 Å². The van der Waals surface area contributed by atoms with Gasteiger partial charge in [0.2, 0.25) is 0 Å². The number of rotatable bonds is 6. The Kier molecular flexibility index (Phi) is 7.74. The third-order valence-electron chi connectivity index (χ3n) is 10.9. The molecule has 8 aromatic carbocycles. The van der Waals surface area contributed by atoms with Crippen LogP contribution in [0.5, 0.6) is 0 Å². The fourth-order valence-corrected chi connectivity index (χ4v) is 8.32. The molecule has 0 unspecified atom stereocenters. The molecule has 0 radical (unpaired) electrons. The van der Waals surface area contributed by atoms with Gasteiger partial charge in [-0.2, -0.15) is 0 Å². The van der Waals surface area contributed by atoms with Crippen molar-refractivity contribution in [3.05, 3.63) is 216 Å². The molecule has 0 aliphatic heterocycles. The van der Waals surface area contributed by atoms with Gasteiger partial charge in [-0.25, -0.2) is 0 Å². The van der Waals surface area contributed by atoms with E-state index in [9.17, 15) is 0 Å². The van der Waals surface area contributed by atoms with Crippen molar-refractivity contribution >= 4 is 56.6 Å². The monoisotopic (exact) mass is 688 g/mol. The molecule has 0 N–H and O–H groups in total. The molecule has 10 rings (SSSR count). The van der Waals surface area contributed by atoms with Crippen LogP contribution in [0.25, 0.3) is 72.2 Å². The summed E-state index contributed by atoms with van der Waals surface area (Å²) in [5.41, 5.74) is 16.5. The molecule has 1 aromatic heterocycles. The zero-order valence-electron chi connectivity index (χ0n) is 29.8. The first kappa shape index (κ1) is 31.7. The van der Waals surface area contributed by atoms with Gasteiger partial charge in [0.1, 0.15) is 0 Å². The largest absolute Gasteiger partial charge is 0.309 e. The first-order chi connectivity index (χ1) is 26.7. The topological polar surface area (TPSA) is 17.3 Å². The van der Waals surface area contributed by atoms with Crippen LogP contribution in [-0.2, 0) is 6.42 Å². The van der Waals surface area contributed by atoms with E-state index in [1.54, 1.807) is 0 Å². The molecule has 254 valence electrons. The van der Waals surface area contributed by atoms with E-state index in [-0.39, 0.29) is 0 Å².